The first-order valence-electron chi connectivity index (χ1n) is 7.51. The molecule has 1 unspecified atom stereocenters. The molecule has 138 valence electrons. The molecule has 0 aliphatic rings. The van der Waals surface area contributed by atoms with E-state index in [9.17, 15) is 23.5 Å². The van der Waals surface area contributed by atoms with Gasteiger partial charge < -0.3 is 10.4 Å². The summed E-state index contributed by atoms with van der Waals surface area (Å²) in [7, 11) is 0. The summed E-state index contributed by atoms with van der Waals surface area (Å²) in [6.07, 6.45) is 2.37. The second kappa shape index (κ2) is 8.23. The van der Waals surface area contributed by atoms with Gasteiger partial charge in [0.25, 0.3) is 0 Å². The van der Waals surface area contributed by atoms with Crippen molar-refractivity contribution in [3.63, 3.8) is 0 Å². The van der Waals surface area contributed by atoms with Crippen LogP contribution in [0.25, 0.3) is 0 Å². The van der Waals surface area contributed by atoms with Gasteiger partial charge in [0.1, 0.15) is 12.4 Å². The van der Waals surface area contributed by atoms with Crippen molar-refractivity contribution >= 4 is 12.0 Å². The Morgan fingerprint density at radius 1 is 1.04 bits per heavy atom. The summed E-state index contributed by atoms with van der Waals surface area (Å²) in [5, 5.41) is 11.9. The monoisotopic (exact) mass is 366 g/mol. The summed E-state index contributed by atoms with van der Waals surface area (Å²) in [4.78, 5) is 39.4. The summed E-state index contributed by atoms with van der Waals surface area (Å²) in [6.45, 7) is 2.53. The zero-order chi connectivity index (χ0) is 19.3. The van der Waals surface area contributed by atoms with Crippen molar-refractivity contribution in [1.82, 2.24) is 30.2 Å². The summed E-state index contributed by atoms with van der Waals surface area (Å²) in [5.74, 6) is -1.67. The highest BCUT2D eigenvalue weighted by Gasteiger charge is 2.26. The Bertz CT molecular complexity index is 772. The molecule has 0 saturated heterocycles. The topological polar surface area (TPSA) is 121 Å². The Hall–Kier alpha value is -3.24. The Balaban J connectivity index is 2.04. The van der Waals surface area contributed by atoms with Gasteiger partial charge >= 0.3 is 6.09 Å². The van der Waals surface area contributed by atoms with Crippen LogP contribution in [0.5, 0.6) is 0 Å². The molecule has 26 heavy (non-hydrogen) atoms. The summed E-state index contributed by atoms with van der Waals surface area (Å²) >= 11 is 0. The van der Waals surface area contributed by atoms with Crippen LogP contribution in [0.3, 0.4) is 0 Å². The number of carboxylic acid groups (broad SMARTS) is 1. The molecule has 2 aromatic rings. The van der Waals surface area contributed by atoms with Gasteiger partial charge in [-0.2, -0.15) is 0 Å². The van der Waals surface area contributed by atoms with Gasteiger partial charge in [-0.15, -0.1) is 0 Å². The lowest BCUT2D eigenvalue weighted by Gasteiger charge is -2.25. The van der Waals surface area contributed by atoms with Gasteiger partial charge in [0.15, 0.2) is 17.5 Å². The van der Waals surface area contributed by atoms with E-state index in [2.05, 4.69) is 25.3 Å². The Labute approximate surface area is 147 Å². The molecule has 2 heterocycles. The van der Waals surface area contributed by atoms with Crippen molar-refractivity contribution in [2.45, 2.75) is 25.9 Å². The van der Waals surface area contributed by atoms with Crippen LogP contribution in [0.2, 0.25) is 0 Å². The largest absolute Gasteiger partial charge is 0.465 e. The molecule has 2 amide bonds. The van der Waals surface area contributed by atoms with E-state index in [0.717, 1.165) is 29.7 Å². The molecular formula is C15H16F2N6O3. The van der Waals surface area contributed by atoms with Gasteiger partial charge in [-0.25, -0.2) is 33.5 Å². The predicted octanol–water partition coefficient (Wildman–Crippen LogP) is 1.46. The maximum Gasteiger partial charge on any atom is 0.408 e. The van der Waals surface area contributed by atoms with Crippen LogP contribution >= 0.6 is 0 Å². The highest BCUT2D eigenvalue weighted by Crippen LogP contribution is 2.16. The molecule has 0 radical (unpaired) electrons. The molecular weight excluding hydrogens is 350 g/mol. The number of amides is 2. The van der Waals surface area contributed by atoms with Crippen LogP contribution in [-0.2, 0) is 4.79 Å². The van der Waals surface area contributed by atoms with Crippen LogP contribution in [0.15, 0.2) is 24.8 Å². The summed E-state index contributed by atoms with van der Waals surface area (Å²) in [5.41, 5.74) is 0. The zero-order valence-electron chi connectivity index (χ0n) is 13.9. The van der Waals surface area contributed by atoms with Gasteiger partial charge in [0.2, 0.25) is 5.91 Å². The molecule has 2 aromatic heterocycles. The van der Waals surface area contributed by atoms with Gasteiger partial charge in [0, 0.05) is 0 Å². The average Bonchev–Trinajstić information content (AvgIpc) is 2.60. The maximum absolute atomic E-state index is 12.9. The van der Waals surface area contributed by atoms with Gasteiger partial charge in [-0.1, -0.05) is 0 Å². The quantitative estimate of drug-likeness (QED) is 0.794. The molecule has 2 N–H and O–H groups in total. The molecule has 0 fully saturated rings. The molecule has 9 nitrogen and oxygen atoms in total. The minimum absolute atomic E-state index is 0.0523. The Morgan fingerprint density at radius 3 is 1.96 bits per heavy atom. The fraction of sp³-hybridized carbons (Fsp3) is 0.333. The van der Waals surface area contributed by atoms with E-state index in [-0.39, 0.29) is 11.6 Å². The molecule has 0 aromatic carbocycles. The molecule has 0 bridgehead atoms. The first kappa shape index (κ1) is 19.1. The highest BCUT2D eigenvalue weighted by molar-refractivity contribution is 5.82. The number of carbonyl (C=O) groups excluding carboxylic acids is 1. The number of rotatable bonds is 6. The van der Waals surface area contributed by atoms with Crippen molar-refractivity contribution in [3.8, 4) is 0 Å². The van der Waals surface area contributed by atoms with E-state index >= 15 is 0 Å². The fourth-order valence-corrected chi connectivity index (χ4v) is 2.10. The minimum atomic E-state index is -1.37. The zero-order valence-corrected chi connectivity index (χ0v) is 13.9. The molecule has 11 heteroatoms. The second-order valence-corrected chi connectivity index (χ2v) is 5.39. The van der Waals surface area contributed by atoms with Crippen molar-refractivity contribution < 1.29 is 23.5 Å². The lowest BCUT2D eigenvalue weighted by Crippen LogP contribution is -2.42. The lowest BCUT2D eigenvalue weighted by atomic mass is 10.2. The highest BCUT2D eigenvalue weighted by atomic mass is 19.1. The first-order valence-corrected chi connectivity index (χ1v) is 7.51. The van der Waals surface area contributed by atoms with Crippen LogP contribution < -0.4 is 5.32 Å². The van der Waals surface area contributed by atoms with E-state index in [4.69, 9.17) is 0 Å². The molecule has 0 spiro atoms. The van der Waals surface area contributed by atoms with E-state index in [1.54, 1.807) is 6.92 Å². The number of nitrogens with one attached hydrogen (secondary N) is 1. The third-order valence-electron chi connectivity index (χ3n) is 3.45. The van der Waals surface area contributed by atoms with Crippen molar-refractivity contribution in [2.75, 3.05) is 6.54 Å². The SMILES string of the molecule is CC(NC(=O)CN(C(=O)O)[C@@H](C)c1ncc(F)cn1)c1ncc(F)cn1. The molecule has 2 atom stereocenters. The summed E-state index contributed by atoms with van der Waals surface area (Å²) in [6, 6.07) is -1.53. The number of halogens is 2. The maximum atomic E-state index is 12.9. The number of aromatic nitrogens is 4. The molecule has 2 rings (SSSR count). The van der Waals surface area contributed by atoms with Crippen molar-refractivity contribution in [2.24, 2.45) is 0 Å². The molecule has 0 aliphatic carbocycles. The van der Waals surface area contributed by atoms with Crippen LogP contribution in [-0.4, -0.2) is 48.5 Å². The van der Waals surface area contributed by atoms with Crippen LogP contribution in [0, 0.1) is 11.6 Å². The number of hydrogen-bond acceptors (Lipinski definition) is 6. The predicted molar refractivity (Wildman–Crippen MR) is 83.7 cm³/mol. The third kappa shape index (κ3) is 4.88. The normalized spacial score (nSPS) is 12.9. The molecule has 0 saturated carbocycles. The average molecular weight is 366 g/mol. The van der Waals surface area contributed by atoms with E-state index in [1.165, 1.54) is 6.92 Å². The van der Waals surface area contributed by atoms with E-state index in [1.807, 2.05) is 0 Å². The number of nitrogens with zero attached hydrogens (tertiary/aromatic N) is 5. The van der Waals surface area contributed by atoms with Crippen LogP contribution in [0.4, 0.5) is 13.6 Å². The minimum Gasteiger partial charge on any atom is -0.465 e. The van der Waals surface area contributed by atoms with Crippen molar-refractivity contribution in [1.29, 1.82) is 0 Å². The Morgan fingerprint density at radius 2 is 1.50 bits per heavy atom. The number of hydrogen-bond donors (Lipinski definition) is 2. The standard InChI is InChI=1S/C15H16F2N6O3/c1-8(13-18-3-10(16)4-19-13)22-12(24)7-23(15(25)26)9(2)14-20-5-11(17)6-21-14/h3-6,8-9H,7H2,1-2H3,(H,22,24)(H,25,26)/t8?,9-/m0/s1. The number of carbonyl (C=O) groups is 2. The molecule has 0 aliphatic heterocycles. The van der Waals surface area contributed by atoms with Crippen LogP contribution in [0.1, 0.15) is 37.6 Å². The van der Waals surface area contributed by atoms with E-state index < -0.39 is 42.3 Å². The first-order chi connectivity index (χ1) is 12.3. The van der Waals surface area contributed by atoms with Crippen molar-refractivity contribution in [3.05, 3.63) is 48.1 Å². The third-order valence-corrected chi connectivity index (χ3v) is 3.45. The Kier molecular flexibility index (Phi) is 6.04. The summed E-state index contributed by atoms with van der Waals surface area (Å²) < 4.78 is 25.7. The van der Waals surface area contributed by atoms with Gasteiger partial charge in [-0.3, -0.25) is 9.69 Å². The fourth-order valence-electron chi connectivity index (χ4n) is 2.10. The second-order valence-electron chi connectivity index (χ2n) is 5.39. The lowest BCUT2D eigenvalue weighted by molar-refractivity contribution is -0.123. The smallest absolute Gasteiger partial charge is 0.408 e. The van der Waals surface area contributed by atoms with E-state index in [0.29, 0.717) is 0 Å². The van der Waals surface area contributed by atoms with Gasteiger partial charge in [0.05, 0.1) is 36.9 Å². The van der Waals surface area contributed by atoms with Gasteiger partial charge in [-0.05, 0) is 13.8 Å².